The Bertz CT molecular complexity index is 1210. The second-order valence-corrected chi connectivity index (χ2v) is 9.11. The third-order valence-electron chi connectivity index (χ3n) is 4.94. The van der Waals surface area contributed by atoms with E-state index in [2.05, 4.69) is 19.8 Å². The Hall–Kier alpha value is -3.72. The van der Waals surface area contributed by atoms with Gasteiger partial charge >= 0.3 is 0 Å². The number of fused-ring (bicyclic) bond motifs is 1. The highest BCUT2D eigenvalue weighted by atomic mass is 32.2. The Morgan fingerprint density at radius 3 is 2.88 bits per heavy atom. The molecule has 0 aliphatic carbocycles. The number of carboxylic acids is 1. The number of hydrogen-bond acceptors (Lipinski definition) is 12. The van der Waals surface area contributed by atoms with E-state index in [0.29, 0.717) is 17.0 Å². The number of hydrogen-bond donors (Lipinski definition) is 3. The van der Waals surface area contributed by atoms with Crippen molar-refractivity contribution in [3.8, 4) is 0 Å². The third-order valence-corrected chi connectivity index (χ3v) is 6.82. The van der Waals surface area contributed by atoms with Gasteiger partial charge in [0.05, 0.1) is 17.4 Å². The fourth-order valence-corrected chi connectivity index (χ4v) is 5.28. The molecule has 0 radical (unpaired) electrons. The van der Waals surface area contributed by atoms with Crippen LogP contribution < -0.4 is 26.5 Å². The van der Waals surface area contributed by atoms with E-state index in [4.69, 9.17) is 16.3 Å². The van der Waals surface area contributed by atoms with Crippen molar-refractivity contribution < 1.29 is 28.9 Å². The van der Waals surface area contributed by atoms with Crippen LogP contribution in [0.2, 0.25) is 0 Å². The predicted octanol–water partition coefficient (Wildman–Crippen LogP) is -2.17. The Balaban J connectivity index is 1.53. The zero-order valence-corrected chi connectivity index (χ0v) is 19.5. The van der Waals surface area contributed by atoms with Crippen molar-refractivity contribution in [1.82, 2.24) is 19.6 Å². The van der Waals surface area contributed by atoms with Gasteiger partial charge in [-0.1, -0.05) is 5.16 Å². The summed E-state index contributed by atoms with van der Waals surface area (Å²) in [6.45, 7) is 2.09. The van der Waals surface area contributed by atoms with Crippen molar-refractivity contribution in [2.75, 3.05) is 23.8 Å². The van der Waals surface area contributed by atoms with Gasteiger partial charge in [0.2, 0.25) is 11.5 Å². The number of carbonyl (C=O) groups excluding carboxylic acids is 3. The van der Waals surface area contributed by atoms with Gasteiger partial charge in [-0.2, -0.15) is 13.9 Å². The zero-order chi connectivity index (χ0) is 24.4. The Morgan fingerprint density at radius 1 is 1.44 bits per heavy atom. The summed E-state index contributed by atoms with van der Waals surface area (Å²) in [6, 6.07) is 2.47. The largest absolute Gasteiger partial charge is 0.543 e. The minimum Gasteiger partial charge on any atom is -0.543 e. The van der Waals surface area contributed by atoms with Crippen molar-refractivity contribution in [2.24, 2.45) is 5.16 Å². The summed E-state index contributed by atoms with van der Waals surface area (Å²) < 4.78 is 5.68. The third kappa shape index (κ3) is 4.51. The number of oxime groups is 1. The fourth-order valence-electron chi connectivity index (χ4n) is 3.51. The summed E-state index contributed by atoms with van der Waals surface area (Å²) in [5.41, 5.74) is 12.0. The van der Waals surface area contributed by atoms with E-state index in [1.165, 1.54) is 11.8 Å². The number of pyridine rings is 1. The molecular weight excluding hydrogens is 484 g/mol. The van der Waals surface area contributed by atoms with E-state index in [-0.39, 0.29) is 35.5 Å². The number of carboxylic acid groups (broad SMARTS) is 1. The van der Waals surface area contributed by atoms with E-state index in [9.17, 15) is 19.5 Å². The van der Waals surface area contributed by atoms with Crippen LogP contribution >= 0.6 is 23.3 Å². The average Bonchev–Trinajstić information content (AvgIpc) is 3.23. The van der Waals surface area contributed by atoms with Crippen LogP contribution in [0.5, 0.6) is 0 Å². The molecular formula is C19H20N8O5S2. The Morgan fingerprint density at radius 2 is 2.24 bits per heavy atom. The molecule has 4 heterocycles. The molecule has 34 heavy (non-hydrogen) atoms. The first-order valence-corrected chi connectivity index (χ1v) is 11.8. The van der Waals surface area contributed by atoms with Crippen LogP contribution in [0, 0.1) is 0 Å². The molecule has 1 fully saturated rings. The summed E-state index contributed by atoms with van der Waals surface area (Å²) in [6.07, 6.45) is 3.41. The maximum atomic E-state index is 12.9. The lowest BCUT2D eigenvalue weighted by Crippen LogP contribution is -2.71. The number of nitrogen functional groups attached to an aromatic ring is 2. The highest BCUT2D eigenvalue weighted by Gasteiger charge is 2.53. The average molecular weight is 505 g/mol. The van der Waals surface area contributed by atoms with Gasteiger partial charge in [0.15, 0.2) is 24.1 Å². The second kappa shape index (κ2) is 9.64. The predicted molar refractivity (Wildman–Crippen MR) is 121 cm³/mol. The van der Waals surface area contributed by atoms with E-state index in [1.807, 2.05) is 0 Å². The second-order valence-electron chi connectivity index (χ2n) is 7.22. The van der Waals surface area contributed by atoms with E-state index >= 15 is 0 Å². The number of amides is 2. The first kappa shape index (κ1) is 23.4. The molecule has 0 aromatic carbocycles. The highest BCUT2D eigenvalue weighted by Crippen LogP contribution is 2.40. The number of thioether (sulfide) groups is 1. The smallest absolute Gasteiger partial charge is 0.278 e. The molecule has 0 bridgehead atoms. The van der Waals surface area contributed by atoms with Crippen LogP contribution in [-0.4, -0.2) is 61.5 Å². The lowest BCUT2D eigenvalue weighted by molar-refractivity contribution is -0.688. The summed E-state index contributed by atoms with van der Waals surface area (Å²) in [5, 5.41) is 17.8. The van der Waals surface area contributed by atoms with Crippen molar-refractivity contribution in [2.45, 2.75) is 24.9 Å². The van der Waals surface area contributed by atoms with Gasteiger partial charge in [0, 0.05) is 28.9 Å². The number of carbonyl (C=O) groups is 3. The van der Waals surface area contributed by atoms with Crippen LogP contribution in [0.25, 0.3) is 0 Å². The quantitative estimate of drug-likeness (QED) is 0.154. The molecule has 15 heteroatoms. The van der Waals surface area contributed by atoms with Crippen LogP contribution in [0.1, 0.15) is 12.7 Å². The highest BCUT2D eigenvalue weighted by molar-refractivity contribution is 8.00. The van der Waals surface area contributed by atoms with E-state index in [1.54, 1.807) is 36.0 Å². The van der Waals surface area contributed by atoms with Crippen LogP contribution in [0.4, 0.5) is 10.8 Å². The van der Waals surface area contributed by atoms with Crippen LogP contribution in [-0.2, 0) is 25.8 Å². The first-order valence-electron chi connectivity index (χ1n) is 10.0. The van der Waals surface area contributed by atoms with Gasteiger partial charge in [-0.05, 0) is 13.0 Å². The molecule has 0 saturated carbocycles. The summed E-state index contributed by atoms with van der Waals surface area (Å²) in [4.78, 5) is 47.8. The monoisotopic (exact) mass is 504 g/mol. The van der Waals surface area contributed by atoms with Crippen molar-refractivity contribution in [3.63, 3.8) is 0 Å². The van der Waals surface area contributed by atoms with Gasteiger partial charge < -0.3 is 31.5 Å². The maximum Gasteiger partial charge on any atom is 0.278 e. The lowest BCUT2D eigenvalue weighted by Gasteiger charge is -2.50. The molecule has 1 unspecified atom stereocenters. The van der Waals surface area contributed by atoms with Crippen molar-refractivity contribution in [1.29, 1.82) is 0 Å². The molecule has 5 N–H and O–H groups in total. The normalized spacial score (nSPS) is 20.0. The SMILES string of the molecule is CCON=C(C(=O)NC1C(=O)N2C(C(=O)[O-])=C(C[n+]3cccc(N)c3)CS[C@H]12)c1nsc(N)n1. The molecule has 2 atom stereocenters. The number of nitrogens with one attached hydrogen (secondary N) is 1. The minimum atomic E-state index is -1.47. The number of aliphatic carboxylic acids is 1. The topological polar surface area (TPSA) is 193 Å². The molecule has 2 aromatic rings. The molecule has 2 aliphatic rings. The number of nitrogens with two attached hydrogens (primary N) is 2. The van der Waals surface area contributed by atoms with Gasteiger partial charge in [-0.25, -0.2) is 0 Å². The molecule has 0 spiro atoms. The number of nitrogens with zero attached hydrogens (tertiary/aromatic N) is 5. The summed E-state index contributed by atoms with van der Waals surface area (Å²) >= 11 is 2.20. The number of aromatic nitrogens is 3. The van der Waals surface area contributed by atoms with Crippen molar-refractivity contribution >= 4 is 57.6 Å². The Labute approximate surface area is 201 Å². The van der Waals surface area contributed by atoms with Gasteiger partial charge in [-0.15, -0.1) is 11.8 Å². The molecule has 2 aromatic heterocycles. The number of rotatable bonds is 8. The maximum absolute atomic E-state index is 12.9. The molecule has 2 aliphatic heterocycles. The van der Waals surface area contributed by atoms with Crippen LogP contribution in [0.3, 0.4) is 0 Å². The van der Waals surface area contributed by atoms with Gasteiger partial charge in [-0.3, -0.25) is 14.5 Å². The molecule has 178 valence electrons. The zero-order valence-electron chi connectivity index (χ0n) is 17.8. The van der Waals surface area contributed by atoms with Crippen molar-refractivity contribution in [3.05, 3.63) is 41.6 Å². The Kier molecular flexibility index (Phi) is 6.65. The molecule has 4 rings (SSSR count). The standard InChI is InChI=1S/C19H20N8O5S2/c1-2-32-24-11(14-23-19(21)34-25-14)15(28)22-12-16(29)27-13(18(30)31)9(8-33-17(12)27)6-26-5-3-4-10(20)7-26/h3-5,7,12,17H,2,6,8,20H2,1H3,(H3-,21,22,23,25,28,30,31)/t12?,17-/m1/s1. The van der Waals surface area contributed by atoms with Gasteiger partial charge in [0.1, 0.15) is 18.0 Å². The minimum absolute atomic E-state index is 0.0369. The van der Waals surface area contributed by atoms with E-state index in [0.717, 1.165) is 16.4 Å². The number of anilines is 2. The van der Waals surface area contributed by atoms with Crippen LogP contribution in [0.15, 0.2) is 41.0 Å². The fraction of sp³-hybridized carbons (Fsp3) is 0.316. The van der Waals surface area contributed by atoms with E-state index < -0.39 is 29.2 Å². The lowest BCUT2D eigenvalue weighted by atomic mass is 10.0. The molecule has 1 saturated heterocycles. The van der Waals surface area contributed by atoms with Gasteiger partial charge in [0.25, 0.3) is 11.8 Å². The molecule has 2 amide bonds. The first-order chi connectivity index (χ1) is 16.3. The summed E-state index contributed by atoms with van der Waals surface area (Å²) in [5.74, 6) is -2.52. The molecule has 13 nitrogen and oxygen atoms in total. The summed E-state index contributed by atoms with van der Waals surface area (Å²) in [7, 11) is 0. The number of β-lactam (4-membered cyclic amide) rings is 1.